The van der Waals surface area contributed by atoms with Crippen LogP contribution in [0.2, 0.25) is 0 Å². The maximum Gasteiger partial charge on any atom is 0.363 e. The summed E-state index contributed by atoms with van der Waals surface area (Å²) in [5, 5.41) is 0. The third-order valence-electron chi connectivity index (χ3n) is 3.53. The van der Waals surface area contributed by atoms with Crippen LogP contribution < -0.4 is 4.74 Å². The van der Waals surface area contributed by atoms with Crippen molar-refractivity contribution >= 4 is 17.9 Å². The molecule has 0 N–H and O–H groups in total. The van der Waals surface area contributed by atoms with Crippen LogP contribution in [0.15, 0.2) is 51.5 Å². The molecule has 0 bridgehead atoms. The predicted molar refractivity (Wildman–Crippen MR) is 90.9 cm³/mol. The van der Waals surface area contributed by atoms with Gasteiger partial charge in [0.15, 0.2) is 5.70 Å². The van der Waals surface area contributed by atoms with Gasteiger partial charge >= 0.3 is 5.97 Å². The van der Waals surface area contributed by atoms with Gasteiger partial charge in [-0.1, -0.05) is 13.3 Å². The zero-order chi connectivity index (χ0) is 16.9. The Hall–Kier alpha value is -2.82. The van der Waals surface area contributed by atoms with Gasteiger partial charge in [0.1, 0.15) is 17.3 Å². The minimum Gasteiger partial charge on any atom is -0.494 e. The SMILES string of the molecule is CCCCOc1ccc(C2=N/C(=C\c3ccc(C)o3)C(=O)O2)cc1. The van der Waals surface area contributed by atoms with E-state index in [-0.39, 0.29) is 11.6 Å². The van der Waals surface area contributed by atoms with Crippen LogP contribution >= 0.6 is 0 Å². The number of cyclic esters (lactones) is 1. The summed E-state index contributed by atoms with van der Waals surface area (Å²) in [4.78, 5) is 16.2. The molecule has 0 aliphatic carbocycles. The van der Waals surface area contributed by atoms with Crippen LogP contribution in [0.1, 0.15) is 36.8 Å². The van der Waals surface area contributed by atoms with Crippen molar-refractivity contribution in [2.24, 2.45) is 4.99 Å². The van der Waals surface area contributed by atoms with Crippen molar-refractivity contribution in [1.29, 1.82) is 0 Å². The van der Waals surface area contributed by atoms with Crippen molar-refractivity contribution in [1.82, 2.24) is 0 Å². The number of carbonyl (C=O) groups excluding carboxylic acids is 1. The molecule has 0 spiro atoms. The number of furan rings is 1. The topological polar surface area (TPSA) is 61.0 Å². The lowest BCUT2D eigenvalue weighted by atomic mass is 10.2. The second kappa shape index (κ2) is 7.17. The second-order valence-corrected chi connectivity index (χ2v) is 5.51. The number of hydrogen-bond acceptors (Lipinski definition) is 5. The fraction of sp³-hybridized carbons (Fsp3) is 0.263. The van der Waals surface area contributed by atoms with E-state index in [2.05, 4.69) is 11.9 Å². The van der Waals surface area contributed by atoms with Crippen LogP contribution in [0.3, 0.4) is 0 Å². The summed E-state index contributed by atoms with van der Waals surface area (Å²) < 4.78 is 16.3. The summed E-state index contributed by atoms with van der Waals surface area (Å²) in [5.74, 6) is 1.94. The van der Waals surface area contributed by atoms with Crippen LogP contribution in [0.5, 0.6) is 5.75 Å². The quantitative estimate of drug-likeness (QED) is 0.455. The molecule has 5 nitrogen and oxygen atoms in total. The Morgan fingerprint density at radius 1 is 1.17 bits per heavy atom. The maximum absolute atomic E-state index is 11.9. The van der Waals surface area contributed by atoms with Crippen molar-refractivity contribution < 1.29 is 18.7 Å². The van der Waals surface area contributed by atoms with Gasteiger partial charge in [0.05, 0.1) is 6.61 Å². The Bertz CT molecular complexity index is 784. The number of unbranched alkanes of at least 4 members (excludes halogenated alkanes) is 1. The number of benzene rings is 1. The average Bonchev–Trinajstić information content (AvgIpc) is 3.15. The lowest BCUT2D eigenvalue weighted by Crippen LogP contribution is -2.05. The summed E-state index contributed by atoms with van der Waals surface area (Å²) in [6.07, 6.45) is 3.69. The Kier molecular flexibility index (Phi) is 4.79. The van der Waals surface area contributed by atoms with E-state index in [0.717, 1.165) is 29.9 Å². The molecule has 5 heteroatoms. The summed E-state index contributed by atoms with van der Waals surface area (Å²) in [6, 6.07) is 11.0. The minimum absolute atomic E-state index is 0.225. The predicted octanol–water partition coefficient (Wildman–Crippen LogP) is 4.11. The molecule has 0 radical (unpaired) electrons. The Morgan fingerprint density at radius 3 is 2.62 bits per heavy atom. The molecule has 0 saturated heterocycles. The van der Waals surface area contributed by atoms with Crippen molar-refractivity contribution in [3.05, 3.63) is 59.2 Å². The Labute approximate surface area is 140 Å². The highest BCUT2D eigenvalue weighted by Gasteiger charge is 2.24. The zero-order valence-electron chi connectivity index (χ0n) is 13.7. The van der Waals surface area contributed by atoms with Crippen molar-refractivity contribution in [2.45, 2.75) is 26.7 Å². The molecular formula is C19H19NO4. The van der Waals surface area contributed by atoms with Crippen LogP contribution in [0, 0.1) is 6.92 Å². The maximum atomic E-state index is 11.9. The lowest BCUT2D eigenvalue weighted by molar-refractivity contribution is -0.129. The largest absolute Gasteiger partial charge is 0.494 e. The molecule has 2 heterocycles. The average molecular weight is 325 g/mol. The number of aryl methyl sites for hydroxylation is 1. The van der Waals surface area contributed by atoms with Crippen LogP contribution in [0.4, 0.5) is 0 Å². The molecule has 24 heavy (non-hydrogen) atoms. The van der Waals surface area contributed by atoms with E-state index in [9.17, 15) is 4.79 Å². The van der Waals surface area contributed by atoms with Crippen molar-refractivity contribution in [3.8, 4) is 5.75 Å². The molecule has 1 aromatic heterocycles. The lowest BCUT2D eigenvalue weighted by Gasteiger charge is -2.05. The van der Waals surface area contributed by atoms with Crippen LogP contribution in [-0.4, -0.2) is 18.5 Å². The van der Waals surface area contributed by atoms with E-state index in [1.54, 1.807) is 12.1 Å². The number of esters is 1. The second-order valence-electron chi connectivity index (χ2n) is 5.51. The highest BCUT2D eigenvalue weighted by molar-refractivity contribution is 6.12. The third kappa shape index (κ3) is 3.74. The van der Waals surface area contributed by atoms with E-state index in [4.69, 9.17) is 13.9 Å². The molecule has 0 unspecified atom stereocenters. The number of nitrogens with zero attached hydrogens (tertiary/aromatic N) is 1. The monoisotopic (exact) mass is 325 g/mol. The Balaban J connectivity index is 1.74. The minimum atomic E-state index is -0.484. The van der Waals surface area contributed by atoms with Gasteiger partial charge in [-0.15, -0.1) is 0 Å². The first-order valence-corrected chi connectivity index (χ1v) is 7.98. The third-order valence-corrected chi connectivity index (χ3v) is 3.53. The van der Waals surface area contributed by atoms with Gasteiger partial charge < -0.3 is 13.9 Å². The molecule has 0 atom stereocenters. The smallest absolute Gasteiger partial charge is 0.363 e. The van der Waals surface area contributed by atoms with E-state index in [1.165, 1.54) is 0 Å². The first-order valence-electron chi connectivity index (χ1n) is 7.98. The molecule has 124 valence electrons. The zero-order valence-corrected chi connectivity index (χ0v) is 13.7. The first kappa shape index (κ1) is 16.1. The number of aliphatic imine (C=N–C) groups is 1. The van der Waals surface area contributed by atoms with Gasteiger partial charge in [-0.2, -0.15) is 0 Å². The van der Waals surface area contributed by atoms with Crippen molar-refractivity contribution in [3.63, 3.8) is 0 Å². The molecule has 1 aromatic carbocycles. The summed E-state index contributed by atoms with van der Waals surface area (Å²) in [7, 11) is 0. The van der Waals surface area contributed by atoms with Gasteiger partial charge in [-0.3, -0.25) is 0 Å². The highest BCUT2D eigenvalue weighted by Crippen LogP contribution is 2.21. The van der Waals surface area contributed by atoms with Crippen LogP contribution in [-0.2, 0) is 9.53 Å². The molecule has 1 aliphatic heterocycles. The van der Waals surface area contributed by atoms with Gasteiger partial charge in [-0.25, -0.2) is 9.79 Å². The molecule has 0 saturated carbocycles. The first-order chi connectivity index (χ1) is 11.7. The Morgan fingerprint density at radius 2 is 1.96 bits per heavy atom. The van der Waals surface area contributed by atoms with Gasteiger partial charge in [-0.05, 0) is 49.7 Å². The number of hydrogen-bond donors (Lipinski definition) is 0. The van der Waals surface area contributed by atoms with Gasteiger partial charge in [0, 0.05) is 11.6 Å². The van der Waals surface area contributed by atoms with Crippen molar-refractivity contribution in [2.75, 3.05) is 6.61 Å². The summed E-state index contributed by atoms with van der Waals surface area (Å²) in [6.45, 7) is 4.66. The number of ether oxygens (including phenoxy) is 2. The summed E-state index contributed by atoms with van der Waals surface area (Å²) in [5.41, 5.74) is 0.952. The number of carbonyl (C=O) groups is 1. The molecular weight excluding hydrogens is 306 g/mol. The van der Waals surface area contributed by atoms with Gasteiger partial charge in [0.25, 0.3) is 0 Å². The molecule has 3 rings (SSSR count). The van der Waals surface area contributed by atoms with E-state index in [0.29, 0.717) is 12.4 Å². The normalized spacial score (nSPS) is 15.5. The molecule has 0 amide bonds. The molecule has 2 aromatic rings. The van der Waals surface area contributed by atoms with E-state index < -0.39 is 5.97 Å². The van der Waals surface area contributed by atoms with Gasteiger partial charge in [0.2, 0.25) is 5.90 Å². The fourth-order valence-corrected chi connectivity index (χ4v) is 2.23. The summed E-state index contributed by atoms with van der Waals surface area (Å²) >= 11 is 0. The number of rotatable bonds is 6. The molecule has 0 fully saturated rings. The fourth-order valence-electron chi connectivity index (χ4n) is 2.23. The standard InChI is InChI=1S/C19H19NO4/c1-3-4-11-22-15-9-6-14(7-10-15)18-20-17(19(21)24-18)12-16-8-5-13(2)23-16/h5-10,12H,3-4,11H2,1-2H3/b17-12-. The van der Waals surface area contributed by atoms with Crippen LogP contribution in [0.25, 0.3) is 6.08 Å². The highest BCUT2D eigenvalue weighted by atomic mass is 16.6. The van der Waals surface area contributed by atoms with E-state index in [1.807, 2.05) is 37.3 Å². The molecule has 1 aliphatic rings. The van der Waals surface area contributed by atoms with E-state index >= 15 is 0 Å².